The van der Waals surface area contributed by atoms with Crippen LogP contribution in [0.3, 0.4) is 0 Å². The fourth-order valence-electron chi connectivity index (χ4n) is 3.22. The molecule has 0 bridgehead atoms. The summed E-state index contributed by atoms with van der Waals surface area (Å²) in [6.45, 7) is 3.94. The van der Waals surface area contributed by atoms with Crippen molar-refractivity contribution in [1.29, 1.82) is 0 Å². The van der Waals surface area contributed by atoms with Crippen LogP contribution in [0.25, 0.3) is 11.3 Å². The SMILES string of the molecule is Cc1cccc(-c2csc(N3CCN(S(=O)(=O)c4ccc(F)cc4)CC3)n2)c1. The van der Waals surface area contributed by atoms with Gasteiger partial charge in [-0.25, -0.2) is 17.8 Å². The lowest BCUT2D eigenvalue weighted by atomic mass is 10.1. The predicted molar refractivity (Wildman–Crippen MR) is 110 cm³/mol. The van der Waals surface area contributed by atoms with E-state index in [1.807, 2.05) is 17.5 Å². The van der Waals surface area contributed by atoms with Gasteiger partial charge >= 0.3 is 0 Å². The second-order valence-electron chi connectivity index (χ2n) is 6.73. The van der Waals surface area contributed by atoms with Crippen molar-refractivity contribution in [3.8, 4) is 11.3 Å². The molecule has 0 radical (unpaired) electrons. The number of rotatable bonds is 4. The van der Waals surface area contributed by atoms with Gasteiger partial charge in [0.05, 0.1) is 10.6 Å². The van der Waals surface area contributed by atoms with Gasteiger partial charge in [-0.15, -0.1) is 11.3 Å². The molecule has 28 heavy (non-hydrogen) atoms. The molecule has 5 nitrogen and oxygen atoms in total. The highest BCUT2D eigenvalue weighted by Crippen LogP contribution is 2.29. The number of aryl methyl sites for hydroxylation is 1. The van der Waals surface area contributed by atoms with E-state index in [2.05, 4.69) is 24.0 Å². The molecule has 0 aliphatic carbocycles. The molecule has 4 rings (SSSR count). The van der Waals surface area contributed by atoms with E-state index < -0.39 is 15.8 Å². The highest BCUT2D eigenvalue weighted by molar-refractivity contribution is 7.89. The van der Waals surface area contributed by atoms with Gasteiger partial charge in [0.2, 0.25) is 10.0 Å². The number of nitrogens with zero attached hydrogens (tertiary/aromatic N) is 3. The molecule has 1 saturated heterocycles. The maximum Gasteiger partial charge on any atom is 0.243 e. The molecular formula is C20H20FN3O2S2. The van der Waals surface area contributed by atoms with Crippen LogP contribution < -0.4 is 4.90 Å². The molecule has 0 spiro atoms. The Bertz CT molecular complexity index is 1070. The molecule has 146 valence electrons. The third kappa shape index (κ3) is 3.80. The summed E-state index contributed by atoms with van der Waals surface area (Å²) < 4.78 is 40.0. The Morgan fingerprint density at radius 2 is 1.75 bits per heavy atom. The van der Waals surface area contributed by atoms with Crippen molar-refractivity contribution in [2.45, 2.75) is 11.8 Å². The van der Waals surface area contributed by atoms with Crippen molar-refractivity contribution in [2.75, 3.05) is 31.1 Å². The molecule has 0 N–H and O–H groups in total. The molecule has 0 atom stereocenters. The highest BCUT2D eigenvalue weighted by Gasteiger charge is 2.29. The summed E-state index contributed by atoms with van der Waals surface area (Å²) in [7, 11) is -3.60. The second kappa shape index (κ2) is 7.62. The Labute approximate surface area is 168 Å². The summed E-state index contributed by atoms with van der Waals surface area (Å²) in [6, 6.07) is 13.2. The molecule has 1 aliphatic rings. The van der Waals surface area contributed by atoms with Gasteiger partial charge in [0.15, 0.2) is 5.13 Å². The van der Waals surface area contributed by atoms with E-state index in [4.69, 9.17) is 4.98 Å². The average molecular weight is 418 g/mol. The molecule has 1 fully saturated rings. The second-order valence-corrected chi connectivity index (χ2v) is 9.50. The Hall–Kier alpha value is -2.29. The van der Waals surface area contributed by atoms with Gasteiger partial charge in [0.1, 0.15) is 5.82 Å². The molecular weight excluding hydrogens is 397 g/mol. The van der Waals surface area contributed by atoms with E-state index >= 15 is 0 Å². The average Bonchev–Trinajstić information content (AvgIpc) is 3.19. The number of benzene rings is 2. The lowest BCUT2D eigenvalue weighted by Crippen LogP contribution is -2.48. The largest absolute Gasteiger partial charge is 0.345 e. The third-order valence-corrected chi connectivity index (χ3v) is 7.58. The maximum atomic E-state index is 13.1. The Kier molecular flexibility index (Phi) is 5.18. The molecule has 3 aromatic rings. The van der Waals surface area contributed by atoms with Crippen LogP contribution in [0.4, 0.5) is 9.52 Å². The molecule has 8 heteroatoms. The van der Waals surface area contributed by atoms with Crippen molar-refractivity contribution < 1.29 is 12.8 Å². The summed E-state index contributed by atoms with van der Waals surface area (Å²) in [6.07, 6.45) is 0. The van der Waals surface area contributed by atoms with E-state index in [1.165, 1.54) is 34.1 Å². The van der Waals surface area contributed by atoms with Gasteiger partial charge in [-0.3, -0.25) is 0 Å². The van der Waals surface area contributed by atoms with Crippen molar-refractivity contribution in [2.24, 2.45) is 0 Å². The molecule has 0 unspecified atom stereocenters. The standard InChI is InChI=1S/C20H20FN3O2S2/c1-15-3-2-4-16(13-15)19-14-27-20(22-19)23-9-11-24(12-10-23)28(25,26)18-7-5-17(21)6-8-18/h2-8,13-14H,9-12H2,1H3. The highest BCUT2D eigenvalue weighted by atomic mass is 32.2. The van der Waals surface area contributed by atoms with E-state index in [1.54, 1.807) is 11.3 Å². The van der Waals surface area contributed by atoms with Crippen LogP contribution in [0.15, 0.2) is 58.8 Å². The number of anilines is 1. The van der Waals surface area contributed by atoms with E-state index in [0.717, 1.165) is 16.4 Å². The Balaban J connectivity index is 1.45. The topological polar surface area (TPSA) is 53.5 Å². The van der Waals surface area contributed by atoms with E-state index in [0.29, 0.717) is 26.2 Å². The third-order valence-electron chi connectivity index (χ3n) is 4.77. The van der Waals surface area contributed by atoms with Crippen LogP contribution in [0.2, 0.25) is 0 Å². The van der Waals surface area contributed by atoms with E-state index in [9.17, 15) is 12.8 Å². The zero-order valence-electron chi connectivity index (χ0n) is 15.4. The summed E-state index contributed by atoms with van der Waals surface area (Å²) >= 11 is 1.57. The van der Waals surface area contributed by atoms with Gasteiger partial charge in [-0.1, -0.05) is 23.8 Å². The van der Waals surface area contributed by atoms with Gasteiger partial charge in [0, 0.05) is 37.1 Å². The number of hydrogen-bond acceptors (Lipinski definition) is 5. The molecule has 0 saturated carbocycles. The fourth-order valence-corrected chi connectivity index (χ4v) is 5.53. The zero-order valence-corrected chi connectivity index (χ0v) is 17.0. The van der Waals surface area contributed by atoms with Gasteiger partial charge in [-0.05, 0) is 37.3 Å². The normalized spacial score (nSPS) is 15.7. The first kappa shape index (κ1) is 19.0. The fraction of sp³-hybridized carbons (Fsp3) is 0.250. The smallest absolute Gasteiger partial charge is 0.243 e. The number of sulfonamides is 1. The molecule has 2 aromatic carbocycles. The first-order valence-electron chi connectivity index (χ1n) is 8.97. The van der Waals surface area contributed by atoms with Crippen LogP contribution in [0.5, 0.6) is 0 Å². The minimum absolute atomic E-state index is 0.123. The van der Waals surface area contributed by atoms with Crippen LogP contribution in [-0.4, -0.2) is 43.9 Å². The monoisotopic (exact) mass is 417 g/mol. The van der Waals surface area contributed by atoms with Gasteiger partial charge < -0.3 is 4.90 Å². The quantitative estimate of drug-likeness (QED) is 0.649. The van der Waals surface area contributed by atoms with Crippen molar-refractivity contribution in [3.05, 3.63) is 65.3 Å². The summed E-state index contributed by atoms with van der Waals surface area (Å²) in [5.74, 6) is -0.447. The van der Waals surface area contributed by atoms with Crippen molar-refractivity contribution in [1.82, 2.24) is 9.29 Å². The van der Waals surface area contributed by atoms with Gasteiger partial charge in [-0.2, -0.15) is 4.31 Å². The summed E-state index contributed by atoms with van der Waals surface area (Å²) in [5, 5.41) is 2.93. The molecule has 1 aliphatic heterocycles. The molecule has 0 amide bonds. The van der Waals surface area contributed by atoms with Crippen LogP contribution in [0, 0.1) is 12.7 Å². The van der Waals surface area contributed by atoms with E-state index in [-0.39, 0.29) is 4.90 Å². The predicted octanol–water partition coefficient (Wildman–Crippen LogP) is 3.77. The molecule has 2 heterocycles. The Morgan fingerprint density at radius 1 is 1.04 bits per heavy atom. The molecule has 1 aromatic heterocycles. The number of hydrogen-bond donors (Lipinski definition) is 0. The van der Waals surface area contributed by atoms with Crippen LogP contribution in [-0.2, 0) is 10.0 Å². The minimum atomic E-state index is -3.60. The number of piperazine rings is 1. The number of aromatic nitrogens is 1. The number of halogens is 1. The first-order chi connectivity index (χ1) is 13.4. The van der Waals surface area contributed by atoms with Crippen LogP contribution >= 0.6 is 11.3 Å². The van der Waals surface area contributed by atoms with Crippen molar-refractivity contribution in [3.63, 3.8) is 0 Å². The van der Waals surface area contributed by atoms with Gasteiger partial charge in [0.25, 0.3) is 0 Å². The van der Waals surface area contributed by atoms with Crippen LogP contribution in [0.1, 0.15) is 5.56 Å². The minimum Gasteiger partial charge on any atom is -0.345 e. The Morgan fingerprint density at radius 3 is 2.43 bits per heavy atom. The first-order valence-corrected chi connectivity index (χ1v) is 11.3. The van der Waals surface area contributed by atoms with Crippen molar-refractivity contribution >= 4 is 26.5 Å². The lowest BCUT2D eigenvalue weighted by Gasteiger charge is -2.33. The summed E-state index contributed by atoms with van der Waals surface area (Å²) in [4.78, 5) is 6.97. The maximum absolute atomic E-state index is 13.1. The number of thiazole rings is 1. The lowest BCUT2D eigenvalue weighted by molar-refractivity contribution is 0.384. The summed E-state index contributed by atoms with van der Waals surface area (Å²) in [5.41, 5.74) is 3.21. The zero-order chi connectivity index (χ0) is 19.7.